The van der Waals surface area contributed by atoms with Gasteiger partial charge in [-0.3, -0.25) is 14.9 Å². The fraction of sp³-hybridized carbons (Fsp3) is 0.364. The quantitative estimate of drug-likeness (QED) is 0.555. The van der Waals surface area contributed by atoms with E-state index >= 15 is 0 Å². The Balaban J connectivity index is 2.64. The first-order chi connectivity index (χ1) is 8.56. The highest BCUT2D eigenvalue weighted by Gasteiger charge is 2.16. The van der Waals surface area contributed by atoms with Crippen LogP contribution in [0.2, 0.25) is 0 Å². The Bertz CT molecular complexity index is 436. The number of hydrogen-bond acceptors (Lipinski definition) is 5. The standard InChI is InChI=1S/C11H15N3O4/c1-18-7-9(12)11(15)13-6-8-4-2-3-5-10(8)14(16)17/h2-5,9H,6-7,12H2,1H3,(H,13,15). The van der Waals surface area contributed by atoms with Gasteiger partial charge >= 0.3 is 0 Å². The molecule has 0 aliphatic rings. The molecule has 0 spiro atoms. The summed E-state index contributed by atoms with van der Waals surface area (Å²) in [7, 11) is 1.44. The normalized spacial score (nSPS) is 11.9. The summed E-state index contributed by atoms with van der Waals surface area (Å²) in [6.45, 7) is 0.163. The number of nitro benzene ring substituents is 1. The number of nitrogens with one attached hydrogen (secondary N) is 1. The highest BCUT2D eigenvalue weighted by molar-refractivity contribution is 5.81. The molecule has 0 heterocycles. The van der Waals surface area contributed by atoms with E-state index in [0.29, 0.717) is 5.56 Å². The maximum absolute atomic E-state index is 11.5. The molecule has 0 aliphatic heterocycles. The number of benzene rings is 1. The number of carbonyl (C=O) groups is 1. The average molecular weight is 253 g/mol. The highest BCUT2D eigenvalue weighted by atomic mass is 16.6. The molecule has 0 aromatic heterocycles. The predicted molar refractivity (Wildman–Crippen MR) is 64.8 cm³/mol. The number of carbonyl (C=O) groups excluding carboxylic acids is 1. The van der Waals surface area contributed by atoms with Crippen LogP contribution in [0, 0.1) is 10.1 Å². The van der Waals surface area contributed by atoms with Crippen LogP contribution in [0.5, 0.6) is 0 Å². The largest absolute Gasteiger partial charge is 0.383 e. The number of nitro groups is 1. The van der Waals surface area contributed by atoms with E-state index in [9.17, 15) is 14.9 Å². The first kappa shape index (κ1) is 14.1. The number of amides is 1. The number of rotatable bonds is 6. The minimum absolute atomic E-state index is 0.0295. The molecule has 0 bridgehead atoms. The number of nitrogens with two attached hydrogens (primary N) is 1. The summed E-state index contributed by atoms with van der Waals surface area (Å²) in [6.07, 6.45) is 0. The maximum atomic E-state index is 11.5. The molecule has 0 aliphatic carbocycles. The van der Waals surface area contributed by atoms with E-state index in [-0.39, 0.29) is 18.8 Å². The molecule has 1 rings (SSSR count). The molecular formula is C11H15N3O4. The van der Waals surface area contributed by atoms with Crippen molar-refractivity contribution in [3.63, 3.8) is 0 Å². The van der Waals surface area contributed by atoms with Gasteiger partial charge in [0.2, 0.25) is 5.91 Å². The third kappa shape index (κ3) is 3.79. The van der Waals surface area contributed by atoms with Gasteiger partial charge in [-0.05, 0) is 0 Å². The molecule has 98 valence electrons. The minimum Gasteiger partial charge on any atom is -0.383 e. The van der Waals surface area contributed by atoms with Gasteiger partial charge in [0, 0.05) is 25.3 Å². The van der Waals surface area contributed by atoms with E-state index in [1.165, 1.54) is 13.2 Å². The molecule has 3 N–H and O–H groups in total. The van der Waals surface area contributed by atoms with Crippen LogP contribution in [0.4, 0.5) is 5.69 Å². The molecule has 7 nitrogen and oxygen atoms in total. The van der Waals surface area contributed by atoms with E-state index in [4.69, 9.17) is 10.5 Å². The molecule has 0 saturated heterocycles. The molecule has 1 amide bonds. The molecule has 1 aromatic carbocycles. The van der Waals surface area contributed by atoms with Gasteiger partial charge in [-0.1, -0.05) is 18.2 Å². The smallest absolute Gasteiger partial charge is 0.274 e. The number of hydrogen-bond donors (Lipinski definition) is 2. The first-order valence-corrected chi connectivity index (χ1v) is 5.30. The van der Waals surface area contributed by atoms with Crippen molar-refractivity contribution in [1.29, 1.82) is 0 Å². The molecule has 1 aromatic rings. The first-order valence-electron chi connectivity index (χ1n) is 5.30. The number of methoxy groups -OCH3 is 1. The van der Waals surface area contributed by atoms with Crippen molar-refractivity contribution in [3.8, 4) is 0 Å². The highest BCUT2D eigenvalue weighted by Crippen LogP contribution is 2.16. The molecule has 18 heavy (non-hydrogen) atoms. The van der Waals surface area contributed by atoms with E-state index in [2.05, 4.69) is 5.32 Å². The molecule has 0 fully saturated rings. The lowest BCUT2D eigenvalue weighted by atomic mass is 10.2. The van der Waals surface area contributed by atoms with Crippen molar-refractivity contribution in [1.82, 2.24) is 5.32 Å². The fourth-order valence-electron chi connectivity index (χ4n) is 1.41. The van der Waals surface area contributed by atoms with Crippen molar-refractivity contribution in [3.05, 3.63) is 39.9 Å². The summed E-state index contributed by atoms with van der Waals surface area (Å²) in [5, 5.41) is 13.3. The van der Waals surface area contributed by atoms with Gasteiger partial charge < -0.3 is 15.8 Å². The van der Waals surface area contributed by atoms with Crippen LogP contribution >= 0.6 is 0 Å². The predicted octanol–water partition coefficient (Wildman–Crippen LogP) is 0.185. The van der Waals surface area contributed by atoms with Gasteiger partial charge in [-0.25, -0.2) is 0 Å². The van der Waals surface area contributed by atoms with Crippen LogP contribution in [-0.4, -0.2) is 30.6 Å². The third-order valence-electron chi connectivity index (χ3n) is 2.32. The van der Waals surface area contributed by atoms with Gasteiger partial charge in [-0.15, -0.1) is 0 Å². The molecule has 1 unspecified atom stereocenters. The molecule has 7 heteroatoms. The Kier molecular flexibility index (Phi) is 5.22. The second-order valence-electron chi connectivity index (χ2n) is 3.67. The second-order valence-corrected chi connectivity index (χ2v) is 3.67. The van der Waals surface area contributed by atoms with E-state index in [0.717, 1.165) is 0 Å². The van der Waals surface area contributed by atoms with Crippen molar-refractivity contribution >= 4 is 11.6 Å². The number of ether oxygens (including phenoxy) is 1. The molecule has 0 saturated carbocycles. The summed E-state index contributed by atoms with van der Waals surface area (Å²) in [5.74, 6) is -0.407. The Morgan fingerprint density at radius 1 is 1.56 bits per heavy atom. The summed E-state index contributed by atoms with van der Waals surface area (Å²) < 4.78 is 4.74. The Labute approximate surface area is 104 Å². The van der Waals surface area contributed by atoms with Crippen LogP contribution < -0.4 is 11.1 Å². The Hall–Kier alpha value is -1.99. The number of para-hydroxylation sites is 1. The Morgan fingerprint density at radius 2 is 2.22 bits per heavy atom. The van der Waals surface area contributed by atoms with Crippen LogP contribution in [0.15, 0.2) is 24.3 Å². The average Bonchev–Trinajstić information content (AvgIpc) is 2.36. The Morgan fingerprint density at radius 3 is 2.83 bits per heavy atom. The van der Waals surface area contributed by atoms with Crippen molar-refractivity contribution in [2.75, 3.05) is 13.7 Å². The summed E-state index contributed by atoms with van der Waals surface area (Å²) >= 11 is 0. The van der Waals surface area contributed by atoms with Gasteiger partial charge in [0.05, 0.1) is 11.5 Å². The molecule has 0 radical (unpaired) electrons. The van der Waals surface area contributed by atoms with Gasteiger partial charge in [0.15, 0.2) is 0 Å². The summed E-state index contributed by atoms with van der Waals surface area (Å²) in [4.78, 5) is 21.8. The fourth-order valence-corrected chi connectivity index (χ4v) is 1.41. The lowest BCUT2D eigenvalue weighted by Gasteiger charge is -2.11. The van der Waals surface area contributed by atoms with Crippen molar-refractivity contribution < 1.29 is 14.5 Å². The van der Waals surface area contributed by atoms with Crippen molar-refractivity contribution in [2.24, 2.45) is 5.73 Å². The summed E-state index contributed by atoms with van der Waals surface area (Å²) in [5.41, 5.74) is 5.92. The minimum atomic E-state index is -0.780. The van der Waals surface area contributed by atoms with E-state index in [1.54, 1.807) is 18.2 Å². The van der Waals surface area contributed by atoms with Crippen LogP contribution in [0.25, 0.3) is 0 Å². The molecule has 1 atom stereocenters. The van der Waals surface area contributed by atoms with E-state index < -0.39 is 16.9 Å². The maximum Gasteiger partial charge on any atom is 0.274 e. The zero-order valence-corrected chi connectivity index (χ0v) is 9.96. The van der Waals surface area contributed by atoms with Gasteiger partial charge in [0.1, 0.15) is 6.04 Å². The van der Waals surface area contributed by atoms with Gasteiger partial charge in [0.25, 0.3) is 5.69 Å². The van der Waals surface area contributed by atoms with Crippen molar-refractivity contribution in [2.45, 2.75) is 12.6 Å². The third-order valence-corrected chi connectivity index (χ3v) is 2.32. The van der Waals surface area contributed by atoms with E-state index in [1.807, 2.05) is 0 Å². The summed E-state index contributed by atoms with van der Waals surface area (Å²) in [6, 6.07) is 5.43. The zero-order chi connectivity index (χ0) is 13.5. The van der Waals surface area contributed by atoms with Gasteiger partial charge in [-0.2, -0.15) is 0 Å². The SMILES string of the molecule is COCC(N)C(=O)NCc1ccccc1[N+](=O)[O-]. The molecular weight excluding hydrogens is 238 g/mol. The topological polar surface area (TPSA) is 107 Å². The lowest BCUT2D eigenvalue weighted by molar-refractivity contribution is -0.385. The second kappa shape index (κ2) is 6.67. The van der Waals surface area contributed by atoms with Crippen LogP contribution in [0.3, 0.4) is 0 Å². The lowest BCUT2D eigenvalue weighted by Crippen LogP contribution is -2.43. The number of nitrogens with zero attached hydrogens (tertiary/aromatic N) is 1. The van der Waals surface area contributed by atoms with Crippen LogP contribution in [-0.2, 0) is 16.1 Å². The van der Waals surface area contributed by atoms with Crippen LogP contribution in [0.1, 0.15) is 5.56 Å². The monoisotopic (exact) mass is 253 g/mol. The zero-order valence-electron chi connectivity index (χ0n) is 9.96.